The fraction of sp³-hybridized carbons (Fsp3) is 0.714. The Morgan fingerprint density at radius 2 is 2.26 bits per heavy atom. The molecule has 2 rings (SSSR count). The van der Waals surface area contributed by atoms with E-state index in [4.69, 9.17) is 4.74 Å². The molecule has 1 saturated heterocycles. The minimum atomic E-state index is 0.552. The second kappa shape index (κ2) is 6.66. The van der Waals surface area contributed by atoms with Gasteiger partial charge < -0.3 is 9.64 Å². The third kappa shape index (κ3) is 3.89. The first-order valence-electron chi connectivity index (χ1n) is 6.90. The molecule has 1 fully saturated rings. The molecule has 0 N–H and O–H groups in total. The van der Waals surface area contributed by atoms with Gasteiger partial charge in [0.05, 0.1) is 17.3 Å². The molecule has 2 heterocycles. The van der Waals surface area contributed by atoms with Crippen LogP contribution in [0.4, 0.5) is 0 Å². The maximum absolute atomic E-state index is 5.11. The molecule has 0 bridgehead atoms. The van der Waals surface area contributed by atoms with Gasteiger partial charge in [0.15, 0.2) is 0 Å². The van der Waals surface area contributed by atoms with Gasteiger partial charge >= 0.3 is 0 Å². The predicted molar refractivity (Wildman–Crippen MR) is 79.4 cm³/mol. The van der Waals surface area contributed by atoms with Crippen LogP contribution in [0, 0.1) is 5.92 Å². The SMILES string of the molecule is COc1nnc(CC2CCCN(C(C)C)C2)cc1Br. The van der Waals surface area contributed by atoms with E-state index in [0.717, 1.165) is 16.6 Å². The van der Waals surface area contributed by atoms with E-state index >= 15 is 0 Å². The molecular formula is C14H22BrN3O. The summed E-state index contributed by atoms with van der Waals surface area (Å²) in [5.41, 5.74) is 1.04. The molecule has 1 aromatic heterocycles. The number of methoxy groups -OCH3 is 1. The lowest BCUT2D eigenvalue weighted by atomic mass is 9.92. The van der Waals surface area contributed by atoms with Gasteiger partial charge in [-0.2, -0.15) is 5.10 Å². The number of nitrogens with zero attached hydrogens (tertiary/aromatic N) is 3. The lowest BCUT2D eigenvalue weighted by Crippen LogP contribution is -2.40. The van der Waals surface area contributed by atoms with Crippen LogP contribution in [0.3, 0.4) is 0 Å². The molecule has 1 atom stereocenters. The fourth-order valence-corrected chi connectivity index (χ4v) is 3.17. The van der Waals surface area contributed by atoms with Crippen LogP contribution in [0.2, 0.25) is 0 Å². The summed E-state index contributed by atoms with van der Waals surface area (Å²) in [5.74, 6) is 1.24. The molecule has 1 aliphatic heterocycles. The van der Waals surface area contributed by atoms with Gasteiger partial charge in [-0.1, -0.05) is 0 Å². The van der Waals surface area contributed by atoms with Gasteiger partial charge in [-0.15, -0.1) is 5.10 Å². The molecular weight excluding hydrogens is 306 g/mol. The quantitative estimate of drug-likeness (QED) is 0.852. The molecule has 0 aromatic carbocycles. The average molecular weight is 328 g/mol. The van der Waals surface area contributed by atoms with E-state index in [1.165, 1.54) is 25.9 Å². The highest BCUT2D eigenvalue weighted by Crippen LogP contribution is 2.25. The van der Waals surface area contributed by atoms with E-state index in [1.807, 2.05) is 6.07 Å². The van der Waals surface area contributed by atoms with Crippen molar-refractivity contribution < 1.29 is 4.74 Å². The Kier molecular flexibility index (Phi) is 5.16. The second-order valence-corrected chi connectivity index (χ2v) is 6.35. The minimum absolute atomic E-state index is 0.552. The zero-order valence-electron chi connectivity index (χ0n) is 11.9. The average Bonchev–Trinajstić information content (AvgIpc) is 2.39. The molecule has 19 heavy (non-hydrogen) atoms. The van der Waals surface area contributed by atoms with E-state index in [9.17, 15) is 0 Å². The van der Waals surface area contributed by atoms with Crippen molar-refractivity contribution in [2.75, 3.05) is 20.2 Å². The van der Waals surface area contributed by atoms with E-state index in [0.29, 0.717) is 17.8 Å². The summed E-state index contributed by atoms with van der Waals surface area (Å²) in [5, 5.41) is 8.33. The van der Waals surface area contributed by atoms with E-state index in [2.05, 4.69) is 44.9 Å². The summed E-state index contributed by atoms with van der Waals surface area (Å²) in [6, 6.07) is 2.66. The molecule has 0 radical (unpaired) electrons. The van der Waals surface area contributed by atoms with Gasteiger partial charge in [0.2, 0.25) is 5.88 Å². The first-order valence-corrected chi connectivity index (χ1v) is 7.69. The van der Waals surface area contributed by atoms with Crippen LogP contribution in [-0.2, 0) is 6.42 Å². The summed E-state index contributed by atoms with van der Waals surface area (Å²) in [6.45, 7) is 6.94. The molecule has 106 valence electrons. The first kappa shape index (κ1) is 14.7. The Morgan fingerprint density at radius 1 is 1.47 bits per heavy atom. The Bertz CT molecular complexity index is 425. The van der Waals surface area contributed by atoms with Crippen molar-refractivity contribution in [3.8, 4) is 5.88 Å². The highest BCUT2D eigenvalue weighted by molar-refractivity contribution is 9.10. The maximum Gasteiger partial charge on any atom is 0.247 e. The highest BCUT2D eigenvalue weighted by Gasteiger charge is 2.22. The lowest BCUT2D eigenvalue weighted by Gasteiger charge is -2.35. The van der Waals surface area contributed by atoms with Gasteiger partial charge in [-0.25, -0.2) is 0 Å². The van der Waals surface area contributed by atoms with Gasteiger partial charge in [-0.05, 0) is 67.6 Å². The van der Waals surface area contributed by atoms with E-state index in [1.54, 1.807) is 7.11 Å². The normalized spacial score (nSPS) is 20.8. The van der Waals surface area contributed by atoms with Crippen LogP contribution in [-0.4, -0.2) is 41.3 Å². The number of likely N-dealkylation sites (tertiary alicyclic amines) is 1. The van der Waals surface area contributed by atoms with Crippen LogP contribution in [0.1, 0.15) is 32.4 Å². The molecule has 1 aliphatic rings. The smallest absolute Gasteiger partial charge is 0.247 e. The van der Waals surface area contributed by atoms with Gasteiger partial charge in [-0.3, -0.25) is 0 Å². The number of hydrogen-bond donors (Lipinski definition) is 0. The van der Waals surface area contributed by atoms with E-state index in [-0.39, 0.29) is 0 Å². The van der Waals surface area contributed by atoms with Gasteiger partial charge in [0.25, 0.3) is 0 Å². The molecule has 1 aromatic rings. The van der Waals surface area contributed by atoms with Crippen LogP contribution in [0.25, 0.3) is 0 Å². The molecule has 4 nitrogen and oxygen atoms in total. The monoisotopic (exact) mass is 327 g/mol. The van der Waals surface area contributed by atoms with E-state index < -0.39 is 0 Å². The van der Waals surface area contributed by atoms with Crippen molar-refractivity contribution in [1.29, 1.82) is 0 Å². The van der Waals surface area contributed by atoms with Crippen molar-refractivity contribution in [3.63, 3.8) is 0 Å². The zero-order chi connectivity index (χ0) is 13.8. The molecule has 0 amide bonds. The number of rotatable bonds is 4. The van der Waals surface area contributed by atoms with Crippen molar-refractivity contribution in [2.45, 2.75) is 39.2 Å². The molecule has 0 spiro atoms. The number of piperidine rings is 1. The molecule has 0 saturated carbocycles. The molecule has 5 heteroatoms. The number of ether oxygens (including phenoxy) is 1. The van der Waals surface area contributed by atoms with Crippen LogP contribution < -0.4 is 4.74 Å². The molecule has 0 aliphatic carbocycles. The van der Waals surface area contributed by atoms with Crippen molar-refractivity contribution in [2.24, 2.45) is 5.92 Å². The molecule has 1 unspecified atom stereocenters. The Morgan fingerprint density at radius 3 is 2.89 bits per heavy atom. The summed E-state index contributed by atoms with van der Waals surface area (Å²) in [6.07, 6.45) is 3.57. The number of halogens is 1. The third-order valence-corrected chi connectivity index (χ3v) is 4.31. The van der Waals surface area contributed by atoms with Crippen molar-refractivity contribution >= 4 is 15.9 Å². The van der Waals surface area contributed by atoms with Crippen LogP contribution >= 0.6 is 15.9 Å². The van der Waals surface area contributed by atoms with Gasteiger partial charge in [0, 0.05) is 12.6 Å². The fourth-order valence-electron chi connectivity index (χ4n) is 2.66. The summed E-state index contributed by atoms with van der Waals surface area (Å²) >= 11 is 3.47. The highest BCUT2D eigenvalue weighted by atomic mass is 79.9. The topological polar surface area (TPSA) is 38.3 Å². The predicted octanol–water partition coefficient (Wildman–Crippen LogP) is 2.91. The van der Waals surface area contributed by atoms with Gasteiger partial charge in [0.1, 0.15) is 0 Å². The maximum atomic E-state index is 5.11. The summed E-state index contributed by atoms with van der Waals surface area (Å²) in [4.78, 5) is 2.56. The standard InChI is InChI=1S/C14H22BrN3O/c1-10(2)18-6-4-5-11(9-18)7-12-8-13(15)14(19-3)17-16-12/h8,10-11H,4-7,9H2,1-3H3. The minimum Gasteiger partial charge on any atom is -0.479 e. The third-order valence-electron chi connectivity index (χ3n) is 3.74. The second-order valence-electron chi connectivity index (χ2n) is 5.49. The Hall–Kier alpha value is -0.680. The first-order chi connectivity index (χ1) is 9.10. The zero-order valence-corrected chi connectivity index (χ0v) is 13.5. The summed E-state index contributed by atoms with van der Waals surface area (Å²) < 4.78 is 6.00. The van der Waals surface area contributed by atoms with Crippen LogP contribution in [0.5, 0.6) is 5.88 Å². The Labute approximate surface area is 123 Å². The number of hydrogen-bond acceptors (Lipinski definition) is 4. The Balaban J connectivity index is 1.98. The van der Waals surface area contributed by atoms with Crippen molar-refractivity contribution in [1.82, 2.24) is 15.1 Å². The van der Waals surface area contributed by atoms with Crippen molar-refractivity contribution in [3.05, 3.63) is 16.2 Å². The van der Waals surface area contributed by atoms with Crippen LogP contribution in [0.15, 0.2) is 10.5 Å². The lowest BCUT2D eigenvalue weighted by molar-refractivity contribution is 0.139. The number of aromatic nitrogens is 2. The largest absolute Gasteiger partial charge is 0.479 e. The summed E-state index contributed by atoms with van der Waals surface area (Å²) in [7, 11) is 1.61.